The molecule has 0 bridgehead atoms. The van der Waals surface area contributed by atoms with E-state index in [1.54, 1.807) is 0 Å². The van der Waals surface area contributed by atoms with E-state index in [2.05, 4.69) is 13.8 Å². The number of unbranched alkanes of at least 4 members (excludes halogenated alkanes) is 12. The number of rotatable bonds is 18. The molecule has 0 atom stereocenters. The van der Waals surface area contributed by atoms with E-state index < -0.39 is 17.4 Å². The third-order valence-corrected chi connectivity index (χ3v) is 5.20. The molecule has 0 amide bonds. The molecule has 0 N–H and O–H groups in total. The Balaban J connectivity index is -0.00000288. The fourth-order valence-electron chi connectivity index (χ4n) is 3.38. The van der Waals surface area contributed by atoms with Crippen LogP contribution < -0.4 is 91.2 Å². The summed E-state index contributed by atoms with van der Waals surface area (Å²) in [4.78, 5) is 23.1. The van der Waals surface area contributed by atoms with Crippen molar-refractivity contribution in [2.45, 2.75) is 117 Å². The molecule has 0 radical (unpaired) electrons. The van der Waals surface area contributed by atoms with Crippen molar-refractivity contribution in [2.75, 3.05) is 0 Å². The van der Waals surface area contributed by atoms with Crippen molar-refractivity contribution in [3.8, 4) is 0 Å². The molecule has 0 unspecified atom stereocenters. The molecule has 4 nitrogen and oxygen atoms in total. The van der Waals surface area contributed by atoms with Crippen LogP contribution in [0.1, 0.15) is 117 Å². The Morgan fingerprint density at radius 1 is 0.593 bits per heavy atom. The van der Waals surface area contributed by atoms with E-state index in [-0.39, 0.29) is 93.8 Å². The standard InChI is InChI=1S/C21H40O4.K.Na/c1-3-5-7-9-11-13-15-17-21(19(22)23,20(24)25)18-16-14-12-10-8-6-4-2;;/h3-18H2,1-2H3,(H,22,23)(H,24,25);;/q;2*+1/p-2. The van der Waals surface area contributed by atoms with Crippen LogP contribution in [0.25, 0.3) is 0 Å². The molecular weight excluding hydrogens is 378 g/mol. The number of aliphatic carboxylic acids is 2. The van der Waals surface area contributed by atoms with Gasteiger partial charge in [-0.2, -0.15) is 0 Å². The first-order valence-electron chi connectivity index (χ1n) is 10.4. The van der Waals surface area contributed by atoms with Gasteiger partial charge in [-0.1, -0.05) is 104 Å². The van der Waals surface area contributed by atoms with Crippen molar-refractivity contribution in [2.24, 2.45) is 5.41 Å². The van der Waals surface area contributed by atoms with Crippen LogP contribution in [0.5, 0.6) is 0 Å². The number of carbonyl (C=O) groups is 2. The Kier molecular flexibility index (Phi) is 27.4. The molecule has 0 saturated carbocycles. The molecule has 0 fully saturated rings. The summed E-state index contributed by atoms with van der Waals surface area (Å²) in [5.74, 6) is -2.94. The van der Waals surface area contributed by atoms with Gasteiger partial charge in [0.25, 0.3) is 0 Å². The van der Waals surface area contributed by atoms with Gasteiger partial charge in [0.1, 0.15) is 0 Å². The minimum atomic E-state index is -1.80. The van der Waals surface area contributed by atoms with Crippen molar-refractivity contribution < 1.29 is 101 Å². The Labute approximate surface area is 231 Å². The maximum absolute atomic E-state index is 11.5. The molecule has 148 valence electrons. The van der Waals surface area contributed by atoms with Crippen LogP contribution in [-0.4, -0.2) is 11.9 Å². The monoisotopic (exact) mass is 416 g/mol. The van der Waals surface area contributed by atoms with E-state index in [0.29, 0.717) is 12.8 Å². The quantitative estimate of drug-likeness (QED) is 0.144. The van der Waals surface area contributed by atoms with Gasteiger partial charge in [0.2, 0.25) is 0 Å². The predicted octanol–water partition coefficient (Wildman–Crippen LogP) is -2.24. The summed E-state index contributed by atoms with van der Waals surface area (Å²) in [6, 6.07) is 0. The van der Waals surface area contributed by atoms with Gasteiger partial charge < -0.3 is 19.8 Å². The van der Waals surface area contributed by atoms with Gasteiger partial charge in [-0.05, 0) is 12.8 Å². The van der Waals surface area contributed by atoms with Crippen molar-refractivity contribution in [3.05, 3.63) is 0 Å². The van der Waals surface area contributed by atoms with E-state index in [9.17, 15) is 19.8 Å². The van der Waals surface area contributed by atoms with Gasteiger partial charge in [0, 0.05) is 5.41 Å². The first-order valence-corrected chi connectivity index (χ1v) is 10.4. The summed E-state index contributed by atoms with van der Waals surface area (Å²) in [6.07, 6.45) is 14.8. The van der Waals surface area contributed by atoms with Crippen LogP contribution in [0.15, 0.2) is 0 Å². The molecule has 0 spiro atoms. The van der Waals surface area contributed by atoms with Crippen LogP contribution in [0.2, 0.25) is 0 Å². The minimum Gasteiger partial charge on any atom is -0.549 e. The molecule has 0 saturated heterocycles. The van der Waals surface area contributed by atoms with E-state index in [0.717, 1.165) is 38.5 Å². The number of hydrogen-bond acceptors (Lipinski definition) is 4. The maximum atomic E-state index is 11.5. The molecule has 27 heavy (non-hydrogen) atoms. The van der Waals surface area contributed by atoms with Crippen molar-refractivity contribution >= 4 is 11.9 Å². The van der Waals surface area contributed by atoms with Crippen LogP contribution in [-0.2, 0) is 9.59 Å². The summed E-state index contributed by atoms with van der Waals surface area (Å²) < 4.78 is 0. The Hall–Kier alpha value is 1.58. The Morgan fingerprint density at radius 2 is 0.852 bits per heavy atom. The number of carboxylic acids is 2. The molecular formula is C21H38KNaO4. The number of carbonyl (C=O) groups excluding carboxylic acids is 2. The summed E-state index contributed by atoms with van der Waals surface area (Å²) >= 11 is 0. The molecule has 0 rings (SSSR count). The Bertz CT molecular complexity index is 330. The first-order chi connectivity index (χ1) is 12.0. The van der Waals surface area contributed by atoms with E-state index >= 15 is 0 Å². The molecule has 0 aliphatic heterocycles. The zero-order chi connectivity index (χ0) is 19.0. The molecule has 0 aliphatic rings. The van der Waals surface area contributed by atoms with E-state index in [1.165, 1.54) is 38.5 Å². The van der Waals surface area contributed by atoms with Gasteiger partial charge in [0.15, 0.2) is 0 Å². The zero-order valence-corrected chi connectivity index (χ0v) is 23.6. The number of carboxylic acid groups (broad SMARTS) is 2. The van der Waals surface area contributed by atoms with Gasteiger partial charge in [0.05, 0.1) is 11.9 Å². The van der Waals surface area contributed by atoms with Gasteiger partial charge >= 0.3 is 80.9 Å². The SMILES string of the molecule is CCCCCCCCCC(CCCCCCCCC)(C(=O)[O-])C(=O)[O-].[K+].[Na+]. The second-order valence-electron chi connectivity index (χ2n) is 7.40. The summed E-state index contributed by atoms with van der Waals surface area (Å²) in [5, 5.41) is 23.1. The molecule has 6 heteroatoms. The molecule has 0 aromatic heterocycles. The van der Waals surface area contributed by atoms with Crippen molar-refractivity contribution in [1.29, 1.82) is 0 Å². The van der Waals surface area contributed by atoms with Crippen molar-refractivity contribution in [3.63, 3.8) is 0 Å². The minimum absolute atomic E-state index is 0. The number of hydrogen-bond donors (Lipinski definition) is 0. The molecule has 0 aromatic rings. The first kappa shape index (κ1) is 33.2. The van der Waals surface area contributed by atoms with E-state index in [4.69, 9.17) is 0 Å². The van der Waals surface area contributed by atoms with Crippen molar-refractivity contribution in [1.82, 2.24) is 0 Å². The van der Waals surface area contributed by atoms with Crippen LogP contribution >= 0.6 is 0 Å². The van der Waals surface area contributed by atoms with Crippen LogP contribution in [0.3, 0.4) is 0 Å². The van der Waals surface area contributed by atoms with Gasteiger partial charge in [-0.3, -0.25) is 0 Å². The zero-order valence-electron chi connectivity index (χ0n) is 18.4. The van der Waals surface area contributed by atoms with E-state index in [1.807, 2.05) is 0 Å². The van der Waals surface area contributed by atoms with Crippen LogP contribution in [0.4, 0.5) is 0 Å². The summed E-state index contributed by atoms with van der Waals surface area (Å²) in [5.41, 5.74) is -1.80. The Morgan fingerprint density at radius 3 is 1.11 bits per heavy atom. The average molecular weight is 417 g/mol. The normalized spacial score (nSPS) is 10.7. The fraction of sp³-hybridized carbons (Fsp3) is 0.905. The van der Waals surface area contributed by atoms with Crippen LogP contribution in [0, 0.1) is 5.41 Å². The molecule has 0 aromatic carbocycles. The smallest absolute Gasteiger partial charge is 0.549 e. The molecule has 0 aliphatic carbocycles. The third-order valence-electron chi connectivity index (χ3n) is 5.20. The molecule has 0 heterocycles. The second kappa shape index (κ2) is 22.3. The summed E-state index contributed by atoms with van der Waals surface area (Å²) in [7, 11) is 0. The maximum Gasteiger partial charge on any atom is 1.00 e. The predicted molar refractivity (Wildman–Crippen MR) is 97.7 cm³/mol. The third kappa shape index (κ3) is 16.0. The summed E-state index contributed by atoms with van der Waals surface area (Å²) in [6.45, 7) is 4.33. The second-order valence-corrected chi connectivity index (χ2v) is 7.40. The fourth-order valence-corrected chi connectivity index (χ4v) is 3.38. The van der Waals surface area contributed by atoms with Gasteiger partial charge in [-0.15, -0.1) is 0 Å². The van der Waals surface area contributed by atoms with Gasteiger partial charge in [-0.25, -0.2) is 0 Å². The largest absolute Gasteiger partial charge is 1.00 e. The average Bonchev–Trinajstić information content (AvgIpc) is 2.57. The topological polar surface area (TPSA) is 80.3 Å².